The Kier molecular flexibility index (Phi) is 6.83. The first-order chi connectivity index (χ1) is 21.9. The van der Waals surface area contributed by atoms with E-state index in [1.165, 1.54) is 28.3 Å². The van der Waals surface area contributed by atoms with Crippen LogP contribution in [0.1, 0.15) is 104 Å². The molecule has 46 heavy (non-hydrogen) atoms. The average molecular weight is 640 g/mol. The molecule has 6 bridgehead atoms. The first-order valence-electron chi connectivity index (χ1n) is 16.6. The Balaban J connectivity index is 1.02. The van der Waals surface area contributed by atoms with Crippen molar-refractivity contribution in [1.82, 2.24) is 0 Å². The van der Waals surface area contributed by atoms with Crippen LogP contribution in [-0.4, -0.2) is 31.0 Å². The largest absolute Gasteiger partial charge is 0.744 e. The van der Waals surface area contributed by atoms with Gasteiger partial charge in [0.1, 0.15) is 22.0 Å². The topological polar surface area (TPSA) is 110 Å². The van der Waals surface area contributed by atoms with E-state index in [0.717, 1.165) is 25.7 Å². The third kappa shape index (κ3) is 4.58. The molecule has 4 saturated carbocycles. The van der Waals surface area contributed by atoms with Crippen LogP contribution < -0.4 is 4.74 Å². The normalized spacial score (nSPS) is 31.8. The Morgan fingerprint density at radius 2 is 1.46 bits per heavy atom. The second kappa shape index (κ2) is 10.5. The number of hydrogen-bond acceptors (Lipinski definition) is 7. The highest BCUT2D eigenvalue weighted by atomic mass is 32.2. The summed E-state index contributed by atoms with van der Waals surface area (Å²) in [5.41, 5.74) is 5.26. The zero-order valence-corrected chi connectivity index (χ0v) is 27.2. The number of carbonyl (C=O) groups excluding carboxylic acids is 2. The third-order valence-electron chi connectivity index (χ3n) is 11.9. The van der Waals surface area contributed by atoms with Crippen molar-refractivity contribution in [2.75, 3.05) is 0 Å². The van der Waals surface area contributed by atoms with Crippen molar-refractivity contribution >= 4 is 22.1 Å². The zero-order chi connectivity index (χ0) is 32.1. The van der Waals surface area contributed by atoms with Gasteiger partial charge in [-0.05, 0) is 115 Å². The van der Waals surface area contributed by atoms with Gasteiger partial charge in [-0.3, -0.25) is 9.59 Å². The van der Waals surface area contributed by atoms with Gasteiger partial charge in [-0.25, -0.2) is 8.42 Å². The van der Waals surface area contributed by atoms with Crippen LogP contribution in [0.25, 0.3) is 0 Å². The predicted molar refractivity (Wildman–Crippen MR) is 169 cm³/mol. The molecule has 7 aliphatic rings. The minimum atomic E-state index is -4.67. The highest BCUT2D eigenvalue weighted by molar-refractivity contribution is 7.85. The fraction of sp³-hybridized carbons (Fsp3) is 0.474. The molecule has 3 aromatic rings. The van der Waals surface area contributed by atoms with E-state index in [4.69, 9.17) is 9.47 Å². The van der Waals surface area contributed by atoms with Crippen LogP contribution in [0.5, 0.6) is 5.75 Å². The summed E-state index contributed by atoms with van der Waals surface area (Å²) in [6.45, 7) is 5.27. The maximum Gasteiger partial charge on any atom is 0.317 e. The zero-order valence-electron chi connectivity index (χ0n) is 26.4. The quantitative estimate of drug-likeness (QED) is 0.163. The Morgan fingerprint density at radius 3 is 2.02 bits per heavy atom. The Hall–Kier alpha value is -3.49. The minimum absolute atomic E-state index is 0.00925. The maximum absolute atomic E-state index is 14.1. The van der Waals surface area contributed by atoms with Crippen LogP contribution in [0.2, 0.25) is 0 Å². The van der Waals surface area contributed by atoms with Gasteiger partial charge in [-0.2, -0.15) is 0 Å². The van der Waals surface area contributed by atoms with Crippen molar-refractivity contribution in [2.24, 2.45) is 29.1 Å². The van der Waals surface area contributed by atoms with Crippen molar-refractivity contribution in [1.29, 1.82) is 0 Å². The molecule has 240 valence electrons. The standard InChI is InChI=1S/C38H40O7S/c1-20(2)29-16-32(21(3)12-33(29)46(41,42)43)44-37(40)38-17-22-13-23(18-38)35(24(14-22)19-38)45-36(39)31-15-30-25-8-4-6-10-27(25)34(31)28-11-7-5-9-26(28)30/h4-12,16,20,22-24,30-31,34-35H,13-15,17-19H2,1-3H3,(H,41,42,43)/p-1. The van der Waals surface area contributed by atoms with Crippen LogP contribution in [0.15, 0.2) is 65.6 Å². The molecule has 0 N–H and O–H groups in total. The fourth-order valence-electron chi connectivity index (χ4n) is 10.2. The highest BCUT2D eigenvalue weighted by Gasteiger charge is 2.61. The van der Waals surface area contributed by atoms with Crippen molar-refractivity contribution < 1.29 is 32.0 Å². The molecule has 3 unspecified atom stereocenters. The minimum Gasteiger partial charge on any atom is -0.744 e. The molecule has 3 atom stereocenters. The van der Waals surface area contributed by atoms with E-state index in [9.17, 15) is 22.6 Å². The number of carbonyl (C=O) groups is 2. The number of fused-ring (bicyclic) bond motifs is 1. The van der Waals surface area contributed by atoms with Crippen LogP contribution >= 0.6 is 0 Å². The number of ether oxygens (including phenoxy) is 2. The Bertz CT molecular complexity index is 1810. The van der Waals surface area contributed by atoms with Crippen LogP contribution in [0.3, 0.4) is 0 Å². The molecular weight excluding hydrogens is 600 g/mol. The van der Waals surface area contributed by atoms with Gasteiger partial charge in [0, 0.05) is 11.8 Å². The molecule has 7 nitrogen and oxygen atoms in total. The van der Waals surface area contributed by atoms with Crippen molar-refractivity contribution in [3.63, 3.8) is 0 Å². The molecule has 8 heteroatoms. The van der Waals surface area contributed by atoms with Gasteiger partial charge in [-0.15, -0.1) is 0 Å². The molecule has 10 rings (SSSR count). The number of benzene rings is 3. The van der Waals surface area contributed by atoms with E-state index in [-0.39, 0.29) is 58.4 Å². The second-order valence-corrected chi connectivity index (χ2v) is 16.3. The number of esters is 2. The molecule has 0 aliphatic heterocycles. The molecule has 0 saturated heterocycles. The molecule has 0 amide bonds. The highest BCUT2D eigenvalue weighted by Crippen LogP contribution is 2.62. The molecule has 0 heterocycles. The van der Waals surface area contributed by atoms with E-state index in [1.807, 2.05) is 0 Å². The van der Waals surface area contributed by atoms with Crippen molar-refractivity contribution in [3.05, 3.63) is 94.0 Å². The lowest BCUT2D eigenvalue weighted by Crippen LogP contribution is -2.58. The number of hydrogen-bond donors (Lipinski definition) is 0. The first-order valence-corrected chi connectivity index (χ1v) is 18.0. The fourth-order valence-corrected chi connectivity index (χ4v) is 11.1. The molecule has 3 aromatic carbocycles. The number of rotatable bonds is 6. The van der Waals surface area contributed by atoms with Crippen LogP contribution in [0.4, 0.5) is 0 Å². The molecular formula is C38H39O7S-. The Morgan fingerprint density at radius 1 is 0.870 bits per heavy atom. The predicted octanol–water partition coefficient (Wildman–Crippen LogP) is 6.96. The third-order valence-corrected chi connectivity index (χ3v) is 12.8. The molecule has 7 aliphatic carbocycles. The van der Waals surface area contributed by atoms with Crippen LogP contribution in [-0.2, 0) is 24.4 Å². The average Bonchev–Trinajstić information content (AvgIpc) is 3.02. The van der Waals surface area contributed by atoms with Crippen molar-refractivity contribution in [2.45, 2.75) is 88.0 Å². The monoisotopic (exact) mass is 639 g/mol. The summed E-state index contributed by atoms with van der Waals surface area (Å²) in [5, 5.41) is 0. The van der Waals surface area contributed by atoms with E-state index >= 15 is 0 Å². The first kappa shape index (κ1) is 29.9. The van der Waals surface area contributed by atoms with Crippen molar-refractivity contribution in [3.8, 4) is 5.75 Å². The summed E-state index contributed by atoms with van der Waals surface area (Å²) in [5.74, 6) is 0.171. The van der Waals surface area contributed by atoms with Crippen LogP contribution in [0, 0.1) is 36.0 Å². The summed E-state index contributed by atoms with van der Waals surface area (Å²) < 4.78 is 48.4. The summed E-state index contributed by atoms with van der Waals surface area (Å²) in [7, 11) is -4.67. The van der Waals surface area contributed by atoms with E-state index in [1.54, 1.807) is 26.8 Å². The summed E-state index contributed by atoms with van der Waals surface area (Å²) >= 11 is 0. The van der Waals surface area contributed by atoms with Gasteiger partial charge in [0.15, 0.2) is 0 Å². The molecule has 0 spiro atoms. The van der Waals surface area contributed by atoms with Gasteiger partial charge >= 0.3 is 11.9 Å². The summed E-state index contributed by atoms with van der Waals surface area (Å²) in [4.78, 5) is 27.8. The summed E-state index contributed by atoms with van der Waals surface area (Å²) in [6, 6.07) is 19.9. The maximum atomic E-state index is 14.1. The van der Waals surface area contributed by atoms with Gasteiger partial charge in [0.05, 0.1) is 16.2 Å². The Labute approximate surface area is 270 Å². The van der Waals surface area contributed by atoms with Gasteiger partial charge in [0.25, 0.3) is 0 Å². The lowest BCUT2D eigenvalue weighted by atomic mass is 9.48. The number of aryl methyl sites for hydroxylation is 1. The SMILES string of the molecule is Cc1cc(S(=O)(=O)[O-])c(C(C)C)cc1OC(=O)C12CC3CC(C1)C(OC(=O)C1CC4c5ccccc5C1c1ccccc14)C(C3)C2. The molecule has 0 aromatic heterocycles. The molecule has 0 radical (unpaired) electrons. The second-order valence-electron chi connectivity index (χ2n) is 14.9. The molecule has 4 fully saturated rings. The summed E-state index contributed by atoms with van der Waals surface area (Å²) in [6.07, 6.45) is 4.42. The lowest BCUT2D eigenvalue weighted by Gasteiger charge is -2.58. The van der Waals surface area contributed by atoms with Gasteiger partial charge < -0.3 is 14.0 Å². The van der Waals surface area contributed by atoms with E-state index < -0.39 is 15.5 Å². The van der Waals surface area contributed by atoms with E-state index in [2.05, 4.69) is 48.5 Å². The van der Waals surface area contributed by atoms with E-state index in [0.29, 0.717) is 35.6 Å². The van der Waals surface area contributed by atoms with Gasteiger partial charge in [-0.1, -0.05) is 62.4 Å². The smallest absolute Gasteiger partial charge is 0.317 e. The van der Waals surface area contributed by atoms with Gasteiger partial charge in [0.2, 0.25) is 0 Å². The lowest BCUT2D eigenvalue weighted by molar-refractivity contribution is -0.194.